The zero-order valence-corrected chi connectivity index (χ0v) is 17.8. The summed E-state index contributed by atoms with van der Waals surface area (Å²) in [5.74, 6) is 0.324. The molecule has 0 unspecified atom stereocenters. The van der Waals surface area contributed by atoms with Crippen molar-refractivity contribution in [1.29, 1.82) is 0 Å². The Bertz CT molecular complexity index is 941. The number of carbonyl (C=O) groups is 1. The lowest BCUT2D eigenvalue weighted by atomic mass is 10.1. The highest BCUT2D eigenvalue weighted by molar-refractivity contribution is 7.92. The Balaban J connectivity index is 2.24. The highest BCUT2D eigenvalue weighted by Crippen LogP contribution is 2.26. The molecule has 0 radical (unpaired) electrons. The highest BCUT2D eigenvalue weighted by atomic mass is 32.2. The molecule has 0 bridgehead atoms. The van der Waals surface area contributed by atoms with Gasteiger partial charge in [0.1, 0.15) is 11.8 Å². The highest BCUT2D eigenvalue weighted by Gasteiger charge is 2.30. The van der Waals surface area contributed by atoms with Crippen LogP contribution in [0.15, 0.2) is 42.5 Å². The van der Waals surface area contributed by atoms with E-state index in [0.29, 0.717) is 18.0 Å². The summed E-state index contributed by atoms with van der Waals surface area (Å²) >= 11 is 0. The number of rotatable bonds is 8. The molecule has 0 spiro atoms. The third-order valence-corrected chi connectivity index (χ3v) is 5.64. The van der Waals surface area contributed by atoms with Crippen LogP contribution in [0, 0.1) is 13.8 Å². The van der Waals surface area contributed by atoms with Crippen LogP contribution < -0.4 is 14.4 Å². The molecule has 0 aromatic heterocycles. The van der Waals surface area contributed by atoms with E-state index < -0.39 is 16.1 Å². The smallest absolute Gasteiger partial charge is 0.243 e. The second-order valence-electron chi connectivity index (χ2n) is 6.78. The molecule has 0 heterocycles. The number of benzene rings is 2. The van der Waals surface area contributed by atoms with Crippen LogP contribution in [-0.4, -0.2) is 33.2 Å². The van der Waals surface area contributed by atoms with Crippen molar-refractivity contribution in [3.63, 3.8) is 0 Å². The predicted octanol–water partition coefficient (Wildman–Crippen LogP) is 3.17. The Morgan fingerprint density at radius 2 is 1.86 bits per heavy atom. The molecule has 28 heavy (non-hydrogen) atoms. The van der Waals surface area contributed by atoms with Crippen LogP contribution in [0.1, 0.15) is 30.5 Å². The van der Waals surface area contributed by atoms with Gasteiger partial charge in [0.05, 0.1) is 18.6 Å². The number of nitrogens with one attached hydrogen (secondary N) is 1. The number of hydrogen-bond donors (Lipinski definition) is 1. The fourth-order valence-electron chi connectivity index (χ4n) is 3.01. The molecule has 1 atom stereocenters. The maximum atomic E-state index is 12.8. The molecular formula is C21H28N2O4S. The molecule has 1 N–H and O–H groups in total. The molecule has 2 aromatic carbocycles. The van der Waals surface area contributed by atoms with E-state index in [1.807, 2.05) is 57.2 Å². The molecule has 0 saturated heterocycles. The lowest BCUT2D eigenvalue weighted by Crippen LogP contribution is -2.48. The molecule has 2 aromatic rings. The lowest BCUT2D eigenvalue weighted by Gasteiger charge is -2.29. The summed E-state index contributed by atoms with van der Waals surface area (Å²) in [5.41, 5.74) is 3.06. The van der Waals surface area contributed by atoms with Gasteiger partial charge in [-0.15, -0.1) is 0 Å². The van der Waals surface area contributed by atoms with Crippen LogP contribution in [0.25, 0.3) is 0 Å². The minimum absolute atomic E-state index is 0.254. The summed E-state index contributed by atoms with van der Waals surface area (Å²) in [5, 5.41) is 2.83. The van der Waals surface area contributed by atoms with Gasteiger partial charge in [0, 0.05) is 12.1 Å². The maximum absolute atomic E-state index is 12.8. The van der Waals surface area contributed by atoms with Gasteiger partial charge in [-0.3, -0.25) is 9.10 Å². The van der Waals surface area contributed by atoms with E-state index in [9.17, 15) is 13.2 Å². The van der Waals surface area contributed by atoms with Crippen LogP contribution in [0.3, 0.4) is 0 Å². The Kier molecular flexibility index (Phi) is 7.07. The summed E-state index contributed by atoms with van der Waals surface area (Å²) in [6.45, 7) is 7.98. The minimum Gasteiger partial charge on any atom is -0.494 e. The van der Waals surface area contributed by atoms with Crippen LogP contribution in [0.4, 0.5) is 5.69 Å². The molecule has 0 aliphatic rings. The Morgan fingerprint density at radius 3 is 2.50 bits per heavy atom. The average Bonchev–Trinajstić information content (AvgIpc) is 2.63. The zero-order valence-electron chi connectivity index (χ0n) is 17.0. The lowest BCUT2D eigenvalue weighted by molar-refractivity contribution is -0.122. The summed E-state index contributed by atoms with van der Waals surface area (Å²) in [7, 11) is -3.65. The number of hydrogen-bond acceptors (Lipinski definition) is 4. The van der Waals surface area contributed by atoms with Gasteiger partial charge in [0.25, 0.3) is 0 Å². The minimum atomic E-state index is -3.65. The second kappa shape index (κ2) is 9.10. The molecule has 152 valence electrons. The zero-order chi connectivity index (χ0) is 20.9. The normalized spacial score (nSPS) is 12.3. The average molecular weight is 405 g/mol. The number of carbonyl (C=O) groups excluding carboxylic acids is 1. The van der Waals surface area contributed by atoms with Crippen molar-refractivity contribution in [2.75, 3.05) is 17.2 Å². The van der Waals surface area contributed by atoms with Gasteiger partial charge in [-0.25, -0.2) is 8.42 Å². The molecule has 2 rings (SSSR count). The molecule has 0 saturated carbocycles. The predicted molar refractivity (Wildman–Crippen MR) is 112 cm³/mol. The summed E-state index contributed by atoms with van der Waals surface area (Å²) in [6.07, 6.45) is 1.11. The van der Waals surface area contributed by atoms with Gasteiger partial charge in [-0.05, 0) is 51.0 Å². The summed E-state index contributed by atoms with van der Waals surface area (Å²) < 4.78 is 31.7. The largest absolute Gasteiger partial charge is 0.494 e. The maximum Gasteiger partial charge on any atom is 0.243 e. The van der Waals surface area contributed by atoms with Crippen LogP contribution >= 0.6 is 0 Å². The number of aryl methyl sites for hydroxylation is 2. The Labute approximate surface area is 167 Å². The van der Waals surface area contributed by atoms with Crippen molar-refractivity contribution in [2.45, 2.75) is 40.3 Å². The van der Waals surface area contributed by atoms with E-state index in [1.54, 1.807) is 13.0 Å². The van der Waals surface area contributed by atoms with Crippen LogP contribution in [0.2, 0.25) is 0 Å². The van der Waals surface area contributed by atoms with Crippen molar-refractivity contribution >= 4 is 21.6 Å². The Hall–Kier alpha value is -2.54. The van der Waals surface area contributed by atoms with Crippen molar-refractivity contribution in [1.82, 2.24) is 5.32 Å². The molecule has 6 nitrogen and oxygen atoms in total. The summed E-state index contributed by atoms with van der Waals surface area (Å²) in [6, 6.07) is 12.1. The fourth-order valence-corrected chi connectivity index (χ4v) is 4.24. The van der Waals surface area contributed by atoms with Crippen molar-refractivity contribution in [3.05, 3.63) is 59.2 Å². The third kappa shape index (κ3) is 5.25. The molecule has 0 fully saturated rings. The fraction of sp³-hybridized carbons (Fsp3) is 0.381. The van der Waals surface area contributed by atoms with Crippen molar-refractivity contribution < 1.29 is 17.9 Å². The number of sulfonamides is 1. The van der Waals surface area contributed by atoms with Gasteiger partial charge < -0.3 is 10.1 Å². The van der Waals surface area contributed by atoms with Crippen molar-refractivity contribution in [3.8, 4) is 5.75 Å². The molecule has 7 heteroatoms. The van der Waals surface area contributed by atoms with Crippen LogP contribution in [0.5, 0.6) is 5.75 Å². The van der Waals surface area contributed by atoms with Crippen LogP contribution in [-0.2, 0) is 21.4 Å². The van der Waals surface area contributed by atoms with E-state index in [2.05, 4.69) is 5.32 Å². The first-order valence-corrected chi connectivity index (χ1v) is 11.0. The second-order valence-corrected chi connectivity index (χ2v) is 8.64. The Morgan fingerprint density at radius 1 is 1.18 bits per heavy atom. The summed E-state index contributed by atoms with van der Waals surface area (Å²) in [4.78, 5) is 12.8. The molecule has 0 aliphatic carbocycles. The van der Waals surface area contributed by atoms with E-state index in [0.717, 1.165) is 22.9 Å². The van der Waals surface area contributed by atoms with E-state index in [1.165, 1.54) is 4.31 Å². The van der Waals surface area contributed by atoms with E-state index >= 15 is 0 Å². The topological polar surface area (TPSA) is 75.7 Å². The van der Waals surface area contributed by atoms with Crippen molar-refractivity contribution in [2.24, 2.45) is 0 Å². The molecule has 1 amide bonds. The van der Waals surface area contributed by atoms with Gasteiger partial charge in [0.2, 0.25) is 15.9 Å². The van der Waals surface area contributed by atoms with Gasteiger partial charge in [-0.1, -0.05) is 30.3 Å². The number of ether oxygens (including phenoxy) is 1. The standard InChI is InChI=1S/C21H28N2O4S/c1-6-27-20-10-8-7-9-18(20)14-22-21(24)17(4)23(28(5,25)26)19-13-15(2)11-12-16(19)3/h7-13,17H,6,14H2,1-5H3,(H,22,24)/t17-/m1/s1. The number of para-hydroxylation sites is 1. The number of anilines is 1. The van der Waals surface area contributed by atoms with E-state index in [4.69, 9.17) is 4.74 Å². The third-order valence-electron chi connectivity index (χ3n) is 4.42. The monoisotopic (exact) mass is 404 g/mol. The van der Waals surface area contributed by atoms with Gasteiger partial charge in [0.15, 0.2) is 0 Å². The first-order chi connectivity index (χ1) is 13.1. The first kappa shape index (κ1) is 21.8. The number of nitrogens with zero attached hydrogens (tertiary/aromatic N) is 1. The quantitative estimate of drug-likeness (QED) is 0.733. The SMILES string of the molecule is CCOc1ccccc1CNC(=O)[C@@H](C)N(c1cc(C)ccc1C)S(C)(=O)=O. The van der Waals surface area contributed by atoms with Gasteiger partial charge >= 0.3 is 0 Å². The van der Waals surface area contributed by atoms with E-state index in [-0.39, 0.29) is 12.5 Å². The first-order valence-electron chi connectivity index (χ1n) is 9.20. The molecular weight excluding hydrogens is 376 g/mol. The molecule has 0 aliphatic heterocycles. The number of amides is 1. The van der Waals surface area contributed by atoms with Gasteiger partial charge in [-0.2, -0.15) is 0 Å².